The largest absolute Gasteiger partial charge is 0.277 e. The average molecular weight is 226 g/mol. The smallest absolute Gasteiger partial charge is 0.140 e. The molecule has 0 aliphatic heterocycles. The summed E-state index contributed by atoms with van der Waals surface area (Å²) in [5, 5.41) is 1.64. The summed E-state index contributed by atoms with van der Waals surface area (Å²) in [6, 6.07) is 7.37. The van der Waals surface area contributed by atoms with Crippen molar-refractivity contribution in [2.75, 3.05) is 0 Å². The van der Waals surface area contributed by atoms with Crippen molar-refractivity contribution < 1.29 is 0 Å². The van der Waals surface area contributed by atoms with Gasteiger partial charge in [0.25, 0.3) is 6.69 Å². The normalized spacial score (nSPS) is 11.6. The lowest BCUT2D eigenvalue weighted by Crippen LogP contribution is -2.32. The predicted octanol–water partition coefficient (Wildman–Crippen LogP) is 3.10. The maximum absolute atomic E-state index is 5.98. The lowest BCUT2D eigenvalue weighted by atomic mass is 10.4. The minimum Gasteiger partial charge on any atom is -0.140 e. The molecule has 0 N–H and O–H groups in total. The lowest BCUT2D eigenvalue weighted by molar-refractivity contribution is 1.75. The van der Waals surface area contributed by atoms with E-state index < -0.39 is 6.69 Å². The number of halogens is 3. The number of hydrogen-bond donors (Lipinski definition) is 0. The molecule has 11 heavy (non-hydrogen) atoms. The molecule has 0 heterocycles. The van der Waals surface area contributed by atoms with Gasteiger partial charge in [-0.2, -0.15) is 0 Å². The minimum atomic E-state index is -2.20. The van der Waals surface area contributed by atoms with Crippen molar-refractivity contribution in [3.8, 4) is 0 Å². The third kappa shape index (κ3) is 2.67. The average Bonchev–Trinajstić information content (AvgIpc) is 1.86. The van der Waals surface area contributed by atoms with Crippen LogP contribution in [0, 0.1) is 0 Å². The summed E-state index contributed by atoms with van der Waals surface area (Å²) >= 11 is 17.7. The van der Waals surface area contributed by atoms with Gasteiger partial charge in [0.1, 0.15) is 0 Å². The van der Waals surface area contributed by atoms with Crippen molar-refractivity contribution in [2.45, 2.75) is 6.55 Å². The van der Waals surface area contributed by atoms with Crippen molar-refractivity contribution in [1.82, 2.24) is 0 Å². The highest BCUT2D eigenvalue weighted by Crippen LogP contribution is 2.16. The van der Waals surface area contributed by atoms with E-state index in [0.717, 1.165) is 5.19 Å². The van der Waals surface area contributed by atoms with Gasteiger partial charge in [0.05, 0.1) is 0 Å². The molecule has 0 radical (unpaired) electrons. The highest BCUT2D eigenvalue weighted by atomic mass is 35.7. The van der Waals surface area contributed by atoms with Crippen molar-refractivity contribution in [3.05, 3.63) is 29.3 Å². The number of rotatable bonds is 1. The molecule has 1 aromatic rings. The highest BCUT2D eigenvalue weighted by Gasteiger charge is 2.23. The van der Waals surface area contributed by atoms with Crippen LogP contribution in [0.3, 0.4) is 0 Å². The molecule has 0 saturated heterocycles. The van der Waals surface area contributed by atoms with Crippen molar-refractivity contribution in [3.63, 3.8) is 0 Å². The van der Waals surface area contributed by atoms with Crippen molar-refractivity contribution in [2.24, 2.45) is 0 Å². The van der Waals surface area contributed by atoms with Crippen LogP contribution in [0.25, 0.3) is 0 Å². The van der Waals surface area contributed by atoms with Gasteiger partial charge in [-0.05, 0) is 23.9 Å². The Morgan fingerprint density at radius 1 is 1.27 bits per heavy atom. The summed E-state index contributed by atoms with van der Waals surface area (Å²) < 4.78 is 0. The van der Waals surface area contributed by atoms with Gasteiger partial charge in [-0.1, -0.05) is 23.7 Å². The van der Waals surface area contributed by atoms with Crippen LogP contribution in [-0.2, 0) is 0 Å². The van der Waals surface area contributed by atoms with E-state index in [1.807, 2.05) is 24.7 Å². The zero-order valence-corrected chi connectivity index (χ0v) is 9.21. The molecule has 1 rings (SSSR count). The Morgan fingerprint density at radius 3 is 2.27 bits per heavy atom. The van der Waals surface area contributed by atoms with Crippen LogP contribution in [0.4, 0.5) is 0 Å². The number of hydrogen-bond acceptors (Lipinski definition) is 0. The topological polar surface area (TPSA) is 0 Å². The summed E-state index contributed by atoms with van der Waals surface area (Å²) in [5.41, 5.74) is 0. The lowest BCUT2D eigenvalue weighted by Gasteiger charge is -2.09. The van der Waals surface area contributed by atoms with E-state index in [1.165, 1.54) is 0 Å². The third-order valence-corrected chi connectivity index (χ3v) is 4.20. The standard InChI is InChI=1S/C7H7Cl3Si/c1-11(9,10)7-4-2-3-6(8)5-7/h2-5H,1H3. The van der Waals surface area contributed by atoms with Crippen LogP contribution < -0.4 is 5.19 Å². The Hall–Kier alpha value is 0.307. The Bertz CT molecular complexity index is 254. The molecule has 0 atom stereocenters. The van der Waals surface area contributed by atoms with Crippen LogP contribution in [-0.4, -0.2) is 6.69 Å². The van der Waals surface area contributed by atoms with Crippen LogP contribution in [0.2, 0.25) is 11.6 Å². The van der Waals surface area contributed by atoms with E-state index in [2.05, 4.69) is 0 Å². The first-order valence-electron chi connectivity index (χ1n) is 3.14. The Morgan fingerprint density at radius 2 is 1.91 bits per heavy atom. The summed E-state index contributed by atoms with van der Waals surface area (Å²) in [6.07, 6.45) is 0. The predicted molar refractivity (Wildman–Crippen MR) is 54.4 cm³/mol. The van der Waals surface area contributed by atoms with Gasteiger partial charge in [0.15, 0.2) is 0 Å². The molecular weight excluding hydrogens is 219 g/mol. The quantitative estimate of drug-likeness (QED) is 0.509. The Labute approximate surface area is 81.5 Å². The molecule has 0 aliphatic rings. The van der Waals surface area contributed by atoms with Gasteiger partial charge in [-0.25, -0.2) is 0 Å². The molecule has 0 aliphatic carbocycles. The van der Waals surface area contributed by atoms with Gasteiger partial charge in [0, 0.05) is 5.02 Å². The molecule has 60 valence electrons. The van der Waals surface area contributed by atoms with Crippen LogP contribution in [0.1, 0.15) is 0 Å². The first kappa shape index (κ1) is 9.40. The Kier molecular flexibility index (Phi) is 2.87. The number of benzene rings is 1. The van der Waals surface area contributed by atoms with Gasteiger partial charge in [-0.15, -0.1) is 22.2 Å². The van der Waals surface area contributed by atoms with E-state index in [-0.39, 0.29) is 0 Å². The van der Waals surface area contributed by atoms with Crippen molar-refractivity contribution >= 4 is 45.6 Å². The monoisotopic (exact) mass is 224 g/mol. The zero-order valence-electron chi connectivity index (χ0n) is 5.94. The van der Waals surface area contributed by atoms with E-state index >= 15 is 0 Å². The van der Waals surface area contributed by atoms with E-state index in [1.54, 1.807) is 6.07 Å². The molecule has 0 nitrogen and oxygen atoms in total. The molecule has 0 spiro atoms. The second-order valence-electron chi connectivity index (χ2n) is 2.40. The van der Waals surface area contributed by atoms with Gasteiger partial charge >= 0.3 is 0 Å². The maximum Gasteiger partial charge on any atom is 0.277 e. The third-order valence-electron chi connectivity index (χ3n) is 1.33. The summed E-state index contributed by atoms with van der Waals surface area (Å²) in [7, 11) is 0. The summed E-state index contributed by atoms with van der Waals surface area (Å²) in [6.45, 7) is -0.356. The van der Waals surface area contributed by atoms with Crippen molar-refractivity contribution in [1.29, 1.82) is 0 Å². The first-order valence-corrected chi connectivity index (χ1v) is 8.04. The molecule has 0 amide bonds. The molecule has 4 heteroatoms. The van der Waals surface area contributed by atoms with E-state index in [9.17, 15) is 0 Å². The SMILES string of the molecule is C[Si](Cl)(Cl)c1cccc(Cl)c1. The van der Waals surface area contributed by atoms with Gasteiger partial charge in [0.2, 0.25) is 0 Å². The maximum atomic E-state index is 5.98. The fourth-order valence-electron chi connectivity index (χ4n) is 0.762. The fourth-order valence-corrected chi connectivity index (χ4v) is 2.55. The first-order chi connectivity index (χ1) is 5.00. The van der Waals surface area contributed by atoms with Crippen LogP contribution in [0.5, 0.6) is 0 Å². The molecular formula is C7H7Cl3Si. The minimum absolute atomic E-state index is 0.683. The van der Waals surface area contributed by atoms with Crippen LogP contribution >= 0.6 is 33.8 Å². The second kappa shape index (κ2) is 3.36. The highest BCUT2D eigenvalue weighted by molar-refractivity contribution is 7.50. The van der Waals surface area contributed by atoms with Gasteiger partial charge in [-0.3, -0.25) is 0 Å². The molecule has 1 aromatic carbocycles. The van der Waals surface area contributed by atoms with Gasteiger partial charge < -0.3 is 0 Å². The summed E-state index contributed by atoms with van der Waals surface area (Å²) in [5.74, 6) is 0. The van der Waals surface area contributed by atoms with Crippen LogP contribution in [0.15, 0.2) is 24.3 Å². The van der Waals surface area contributed by atoms with E-state index in [4.69, 9.17) is 33.8 Å². The Balaban J connectivity index is 3.06. The molecule has 0 unspecified atom stereocenters. The second-order valence-corrected chi connectivity index (χ2v) is 10.3. The molecule has 0 saturated carbocycles. The van der Waals surface area contributed by atoms with E-state index in [0.29, 0.717) is 5.02 Å². The zero-order chi connectivity index (χ0) is 8.48. The molecule has 0 bridgehead atoms. The summed E-state index contributed by atoms with van der Waals surface area (Å²) in [4.78, 5) is 0. The molecule has 0 fully saturated rings. The fraction of sp³-hybridized carbons (Fsp3) is 0.143. The molecule has 0 aromatic heterocycles.